The minimum absolute atomic E-state index is 0.623. The first-order chi connectivity index (χ1) is 4.90. The van der Waals surface area contributed by atoms with E-state index in [0.29, 0.717) is 6.17 Å². The lowest BCUT2D eigenvalue weighted by molar-refractivity contribution is 0.0191. The summed E-state index contributed by atoms with van der Waals surface area (Å²) in [5, 5.41) is 5.80. The SMILES string of the molecule is CNN1CCC1NC1CC1. The van der Waals surface area contributed by atoms with Gasteiger partial charge >= 0.3 is 0 Å². The maximum Gasteiger partial charge on any atom is 0.0747 e. The van der Waals surface area contributed by atoms with Crippen LogP contribution in [0, 0.1) is 0 Å². The van der Waals surface area contributed by atoms with Gasteiger partial charge in [-0.05, 0) is 26.3 Å². The molecule has 3 nitrogen and oxygen atoms in total. The van der Waals surface area contributed by atoms with E-state index in [9.17, 15) is 0 Å². The Balaban J connectivity index is 1.71. The Morgan fingerprint density at radius 2 is 2.10 bits per heavy atom. The first kappa shape index (κ1) is 6.58. The highest BCUT2D eigenvalue weighted by molar-refractivity contribution is 4.87. The van der Waals surface area contributed by atoms with Crippen LogP contribution in [0.2, 0.25) is 0 Å². The predicted octanol–water partition coefficient (Wildman–Crippen LogP) is -0.0954. The molecule has 1 aliphatic carbocycles. The molecular formula is C7H15N3. The second kappa shape index (κ2) is 2.49. The maximum atomic E-state index is 3.55. The molecule has 0 amide bonds. The van der Waals surface area contributed by atoms with Crippen LogP contribution >= 0.6 is 0 Å². The van der Waals surface area contributed by atoms with Gasteiger partial charge in [0.15, 0.2) is 0 Å². The highest BCUT2D eigenvalue weighted by Crippen LogP contribution is 2.22. The monoisotopic (exact) mass is 141 g/mol. The summed E-state index contributed by atoms with van der Waals surface area (Å²) in [6.45, 7) is 1.20. The van der Waals surface area contributed by atoms with Crippen LogP contribution in [-0.4, -0.2) is 30.8 Å². The molecule has 0 radical (unpaired) electrons. The van der Waals surface area contributed by atoms with Crippen LogP contribution in [-0.2, 0) is 0 Å². The van der Waals surface area contributed by atoms with Crippen LogP contribution in [0.4, 0.5) is 0 Å². The molecule has 0 spiro atoms. The van der Waals surface area contributed by atoms with Crippen molar-refractivity contribution in [1.82, 2.24) is 15.8 Å². The molecular weight excluding hydrogens is 126 g/mol. The number of hydrazine groups is 1. The number of nitrogens with one attached hydrogen (secondary N) is 2. The van der Waals surface area contributed by atoms with Gasteiger partial charge in [0, 0.05) is 12.6 Å². The molecule has 2 aliphatic rings. The topological polar surface area (TPSA) is 27.3 Å². The standard InChI is InChI=1S/C7H15N3/c1-8-10-5-4-7(10)9-6-2-3-6/h6-9H,2-5H2,1H3. The molecule has 3 heteroatoms. The Kier molecular flexibility index (Phi) is 1.64. The third-order valence-electron chi connectivity index (χ3n) is 2.31. The van der Waals surface area contributed by atoms with Crippen molar-refractivity contribution in [3.63, 3.8) is 0 Å². The van der Waals surface area contributed by atoms with Gasteiger partial charge in [-0.15, -0.1) is 0 Å². The second-order valence-corrected chi connectivity index (χ2v) is 3.16. The van der Waals surface area contributed by atoms with E-state index in [4.69, 9.17) is 0 Å². The molecule has 58 valence electrons. The lowest BCUT2D eigenvalue weighted by Crippen LogP contribution is -2.60. The van der Waals surface area contributed by atoms with Gasteiger partial charge in [0.2, 0.25) is 0 Å². The summed E-state index contributed by atoms with van der Waals surface area (Å²) in [6, 6.07) is 0.834. The van der Waals surface area contributed by atoms with E-state index in [2.05, 4.69) is 15.8 Å². The van der Waals surface area contributed by atoms with E-state index in [1.165, 1.54) is 25.8 Å². The average Bonchev–Trinajstić information content (AvgIpc) is 2.64. The zero-order valence-corrected chi connectivity index (χ0v) is 6.43. The number of rotatable bonds is 3. The quantitative estimate of drug-likeness (QED) is 0.575. The molecule has 1 saturated carbocycles. The Morgan fingerprint density at radius 3 is 2.50 bits per heavy atom. The van der Waals surface area contributed by atoms with Gasteiger partial charge < -0.3 is 0 Å². The molecule has 0 aromatic carbocycles. The Hall–Kier alpha value is -0.120. The Bertz CT molecular complexity index is 120. The molecule has 2 N–H and O–H groups in total. The van der Waals surface area contributed by atoms with E-state index in [-0.39, 0.29) is 0 Å². The highest BCUT2D eigenvalue weighted by atomic mass is 15.6. The van der Waals surface area contributed by atoms with Crippen molar-refractivity contribution in [3.8, 4) is 0 Å². The van der Waals surface area contributed by atoms with Crippen molar-refractivity contribution in [1.29, 1.82) is 0 Å². The summed E-state index contributed by atoms with van der Waals surface area (Å²) in [5.74, 6) is 0. The molecule has 1 atom stereocenters. The van der Waals surface area contributed by atoms with Crippen molar-refractivity contribution in [2.75, 3.05) is 13.6 Å². The molecule has 0 bridgehead atoms. The molecule has 1 heterocycles. The van der Waals surface area contributed by atoms with Crippen molar-refractivity contribution in [3.05, 3.63) is 0 Å². The lowest BCUT2D eigenvalue weighted by Gasteiger charge is -2.40. The van der Waals surface area contributed by atoms with E-state index < -0.39 is 0 Å². The summed E-state index contributed by atoms with van der Waals surface area (Å²) < 4.78 is 0. The van der Waals surface area contributed by atoms with Gasteiger partial charge in [0.25, 0.3) is 0 Å². The van der Waals surface area contributed by atoms with Crippen molar-refractivity contribution < 1.29 is 0 Å². The first-order valence-corrected chi connectivity index (χ1v) is 4.10. The number of hydrogen-bond donors (Lipinski definition) is 2. The molecule has 1 saturated heterocycles. The average molecular weight is 141 g/mol. The summed E-state index contributed by atoms with van der Waals surface area (Å²) in [6.07, 6.45) is 4.69. The first-order valence-electron chi connectivity index (χ1n) is 4.10. The second-order valence-electron chi connectivity index (χ2n) is 3.16. The van der Waals surface area contributed by atoms with Crippen LogP contribution in [0.1, 0.15) is 19.3 Å². The minimum atomic E-state index is 0.623. The minimum Gasteiger partial charge on any atom is -0.298 e. The zero-order valence-electron chi connectivity index (χ0n) is 6.43. The normalized spacial score (nSPS) is 33.9. The molecule has 10 heavy (non-hydrogen) atoms. The molecule has 0 aromatic rings. The summed E-state index contributed by atoms with van der Waals surface area (Å²) >= 11 is 0. The van der Waals surface area contributed by atoms with Crippen LogP contribution in [0.15, 0.2) is 0 Å². The van der Waals surface area contributed by atoms with Gasteiger partial charge in [-0.1, -0.05) is 0 Å². The smallest absolute Gasteiger partial charge is 0.0747 e. The van der Waals surface area contributed by atoms with Crippen LogP contribution in [0.5, 0.6) is 0 Å². The molecule has 1 unspecified atom stereocenters. The van der Waals surface area contributed by atoms with E-state index in [0.717, 1.165) is 6.04 Å². The highest BCUT2D eigenvalue weighted by Gasteiger charge is 2.32. The third-order valence-corrected chi connectivity index (χ3v) is 2.31. The van der Waals surface area contributed by atoms with Crippen LogP contribution < -0.4 is 10.7 Å². The van der Waals surface area contributed by atoms with Crippen LogP contribution in [0.3, 0.4) is 0 Å². The van der Waals surface area contributed by atoms with Crippen molar-refractivity contribution >= 4 is 0 Å². The molecule has 2 rings (SSSR count). The summed E-state index contributed by atoms with van der Waals surface area (Å²) in [7, 11) is 1.99. The van der Waals surface area contributed by atoms with Gasteiger partial charge in [-0.2, -0.15) is 0 Å². The fraction of sp³-hybridized carbons (Fsp3) is 1.00. The lowest BCUT2D eigenvalue weighted by atomic mass is 10.2. The van der Waals surface area contributed by atoms with Crippen molar-refractivity contribution in [2.24, 2.45) is 0 Å². The van der Waals surface area contributed by atoms with Gasteiger partial charge in [0.1, 0.15) is 0 Å². The number of nitrogens with zero attached hydrogens (tertiary/aromatic N) is 1. The molecule has 1 aliphatic heterocycles. The summed E-state index contributed by atoms with van der Waals surface area (Å²) in [5.41, 5.74) is 3.16. The zero-order chi connectivity index (χ0) is 6.97. The van der Waals surface area contributed by atoms with E-state index in [1.54, 1.807) is 0 Å². The summed E-state index contributed by atoms with van der Waals surface area (Å²) in [4.78, 5) is 0. The predicted molar refractivity (Wildman–Crippen MR) is 40.3 cm³/mol. The fourth-order valence-electron chi connectivity index (χ4n) is 1.35. The Labute approximate surface area is 61.7 Å². The van der Waals surface area contributed by atoms with E-state index in [1.807, 2.05) is 7.05 Å². The van der Waals surface area contributed by atoms with Crippen LogP contribution in [0.25, 0.3) is 0 Å². The molecule has 2 fully saturated rings. The van der Waals surface area contributed by atoms with Gasteiger partial charge in [0.05, 0.1) is 6.17 Å². The van der Waals surface area contributed by atoms with Crippen molar-refractivity contribution in [2.45, 2.75) is 31.5 Å². The number of hydrogen-bond acceptors (Lipinski definition) is 3. The third kappa shape index (κ3) is 1.17. The van der Waals surface area contributed by atoms with Gasteiger partial charge in [-0.25, -0.2) is 5.01 Å². The van der Waals surface area contributed by atoms with Gasteiger partial charge in [-0.3, -0.25) is 10.7 Å². The fourth-order valence-corrected chi connectivity index (χ4v) is 1.35. The largest absolute Gasteiger partial charge is 0.298 e. The Morgan fingerprint density at radius 1 is 1.30 bits per heavy atom. The molecule has 0 aromatic heterocycles. The maximum absolute atomic E-state index is 3.55. The van der Waals surface area contributed by atoms with E-state index >= 15 is 0 Å².